The quantitative estimate of drug-likeness (QED) is 0.198. The van der Waals surface area contributed by atoms with Gasteiger partial charge in [0.1, 0.15) is 43.9 Å². The molecule has 1 aliphatic heterocycles. The number of hydrogen-bond donors (Lipinski definition) is 8. The number of rotatable bonds is 8. The van der Waals surface area contributed by atoms with Crippen molar-refractivity contribution in [3.63, 3.8) is 0 Å². The van der Waals surface area contributed by atoms with Crippen molar-refractivity contribution in [2.75, 3.05) is 26.6 Å². The van der Waals surface area contributed by atoms with Gasteiger partial charge in [0.15, 0.2) is 6.29 Å². The van der Waals surface area contributed by atoms with E-state index in [1.165, 1.54) is 0 Å². The maximum absolute atomic E-state index is 9.82. The maximum Gasteiger partial charge on any atom is 0.225 e. The van der Waals surface area contributed by atoms with E-state index in [2.05, 4.69) is 4.74 Å². The predicted molar refractivity (Wildman–Crippen MR) is 65.9 cm³/mol. The van der Waals surface area contributed by atoms with Crippen LogP contribution in [0.1, 0.15) is 0 Å². The number of ether oxygens (including phenoxy) is 3. The highest BCUT2D eigenvalue weighted by Gasteiger charge is 2.50. The van der Waals surface area contributed by atoms with Crippen LogP contribution >= 0.6 is 0 Å². The standard InChI is InChI=1S/C11H22O11/c12-1-5-7(17)8(18)9(19)10(21-5)22-11(3-14,20-4-15)6(16)2-13/h5-10,12-19H,1-4H2/t5?,6?,7-,8?,9+,10-,11+/m1/s1. The molecule has 22 heavy (non-hydrogen) atoms. The molecule has 0 aromatic heterocycles. The molecule has 0 radical (unpaired) electrons. The smallest absolute Gasteiger partial charge is 0.225 e. The summed E-state index contributed by atoms with van der Waals surface area (Å²) in [5, 5.41) is 75.0. The first-order chi connectivity index (χ1) is 10.4. The molecule has 1 saturated heterocycles. The van der Waals surface area contributed by atoms with Crippen LogP contribution in [0.5, 0.6) is 0 Å². The molecule has 1 aliphatic rings. The number of hydrogen-bond acceptors (Lipinski definition) is 11. The summed E-state index contributed by atoms with van der Waals surface area (Å²) in [6, 6.07) is 0. The van der Waals surface area contributed by atoms with Gasteiger partial charge in [-0.15, -0.1) is 0 Å². The fourth-order valence-electron chi connectivity index (χ4n) is 2.01. The molecule has 0 saturated carbocycles. The summed E-state index contributed by atoms with van der Waals surface area (Å²) in [5.74, 6) is -2.35. The summed E-state index contributed by atoms with van der Waals surface area (Å²) >= 11 is 0. The Morgan fingerprint density at radius 2 is 1.64 bits per heavy atom. The first-order valence-corrected chi connectivity index (χ1v) is 6.49. The number of aliphatic hydroxyl groups is 8. The van der Waals surface area contributed by atoms with Crippen LogP contribution in [0.25, 0.3) is 0 Å². The third-order valence-electron chi connectivity index (χ3n) is 3.37. The van der Waals surface area contributed by atoms with Crippen molar-refractivity contribution in [3.8, 4) is 0 Å². The zero-order valence-corrected chi connectivity index (χ0v) is 11.6. The maximum atomic E-state index is 9.82. The van der Waals surface area contributed by atoms with Crippen LogP contribution in [0.15, 0.2) is 0 Å². The van der Waals surface area contributed by atoms with Gasteiger partial charge >= 0.3 is 0 Å². The summed E-state index contributed by atoms with van der Waals surface area (Å²) in [5.41, 5.74) is 0. The van der Waals surface area contributed by atoms with Gasteiger partial charge in [-0.1, -0.05) is 0 Å². The van der Waals surface area contributed by atoms with Crippen molar-refractivity contribution >= 4 is 0 Å². The van der Waals surface area contributed by atoms with Gasteiger partial charge in [-0.25, -0.2) is 0 Å². The Bertz CT molecular complexity index is 327. The van der Waals surface area contributed by atoms with E-state index in [-0.39, 0.29) is 0 Å². The van der Waals surface area contributed by atoms with Crippen molar-refractivity contribution in [2.24, 2.45) is 0 Å². The molecule has 1 heterocycles. The van der Waals surface area contributed by atoms with Gasteiger partial charge in [-0.3, -0.25) is 0 Å². The molecule has 11 heteroatoms. The normalized spacial score (nSPS) is 36.8. The lowest BCUT2D eigenvalue weighted by atomic mass is 9.99. The fourth-order valence-corrected chi connectivity index (χ4v) is 2.01. The first kappa shape index (κ1) is 19.6. The second kappa shape index (κ2) is 8.42. The average molecular weight is 330 g/mol. The van der Waals surface area contributed by atoms with Gasteiger partial charge in [0.05, 0.1) is 13.2 Å². The second-order valence-corrected chi connectivity index (χ2v) is 4.76. The molecular weight excluding hydrogens is 308 g/mol. The van der Waals surface area contributed by atoms with Gasteiger partial charge in [-0.05, 0) is 0 Å². The van der Waals surface area contributed by atoms with Crippen LogP contribution in [0.4, 0.5) is 0 Å². The van der Waals surface area contributed by atoms with Crippen molar-refractivity contribution < 1.29 is 55.1 Å². The molecule has 0 bridgehead atoms. The van der Waals surface area contributed by atoms with Gasteiger partial charge in [-0.2, -0.15) is 0 Å². The van der Waals surface area contributed by atoms with E-state index in [1.54, 1.807) is 0 Å². The molecule has 0 aromatic rings. The fraction of sp³-hybridized carbons (Fsp3) is 1.00. The minimum Gasteiger partial charge on any atom is -0.394 e. The van der Waals surface area contributed by atoms with E-state index in [1.807, 2.05) is 0 Å². The second-order valence-electron chi connectivity index (χ2n) is 4.76. The van der Waals surface area contributed by atoms with E-state index in [0.717, 1.165) is 0 Å². The van der Waals surface area contributed by atoms with Gasteiger partial charge in [0.2, 0.25) is 5.79 Å². The molecule has 11 nitrogen and oxygen atoms in total. The van der Waals surface area contributed by atoms with Crippen molar-refractivity contribution in [1.29, 1.82) is 0 Å². The number of aliphatic hydroxyl groups excluding tert-OH is 8. The third-order valence-corrected chi connectivity index (χ3v) is 3.37. The van der Waals surface area contributed by atoms with Crippen LogP contribution in [-0.4, -0.2) is 110 Å². The lowest BCUT2D eigenvalue weighted by Gasteiger charge is -2.44. The van der Waals surface area contributed by atoms with Crippen LogP contribution in [0.2, 0.25) is 0 Å². The molecule has 0 spiro atoms. The molecule has 0 aromatic carbocycles. The summed E-state index contributed by atoms with van der Waals surface area (Å²) in [6.45, 7) is -3.67. The molecule has 1 rings (SSSR count). The van der Waals surface area contributed by atoms with Crippen molar-refractivity contribution in [3.05, 3.63) is 0 Å². The zero-order valence-electron chi connectivity index (χ0n) is 11.6. The predicted octanol–water partition coefficient (Wildman–Crippen LogP) is -5.19. The molecule has 132 valence electrons. The largest absolute Gasteiger partial charge is 0.394 e. The topological polar surface area (TPSA) is 190 Å². The Morgan fingerprint density at radius 1 is 1.00 bits per heavy atom. The highest BCUT2D eigenvalue weighted by atomic mass is 16.8. The highest BCUT2D eigenvalue weighted by molar-refractivity contribution is 4.90. The van der Waals surface area contributed by atoms with E-state index in [9.17, 15) is 25.5 Å². The zero-order chi connectivity index (χ0) is 16.9. The van der Waals surface area contributed by atoms with Crippen molar-refractivity contribution in [2.45, 2.75) is 42.6 Å². The van der Waals surface area contributed by atoms with Gasteiger partial charge in [0.25, 0.3) is 0 Å². The van der Waals surface area contributed by atoms with Gasteiger partial charge < -0.3 is 55.1 Å². The summed E-state index contributed by atoms with van der Waals surface area (Å²) in [6.07, 6.45) is -10.00. The van der Waals surface area contributed by atoms with Crippen LogP contribution < -0.4 is 0 Å². The molecule has 0 amide bonds. The van der Waals surface area contributed by atoms with Crippen LogP contribution in [0, 0.1) is 0 Å². The molecule has 0 aliphatic carbocycles. The summed E-state index contributed by atoms with van der Waals surface area (Å²) in [7, 11) is 0. The van der Waals surface area contributed by atoms with Crippen LogP contribution in [-0.2, 0) is 14.2 Å². The summed E-state index contributed by atoms with van der Waals surface area (Å²) in [4.78, 5) is 0. The minimum atomic E-state index is -2.35. The highest BCUT2D eigenvalue weighted by Crippen LogP contribution is 2.28. The molecule has 7 atom stereocenters. The van der Waals surface area contributed by atoms with E-state index in [4.69, 9.17) is 24.8 Å². The molecule has 3 unspecified atom stereocenters. The summed E-state index contributed by atoms with van der Waals surface area (Å²) < 4.78 is 14.8. The third kappa shape index (κ3) is 3.90. The van der Waals surface area contributed by atoms with E-state index >= 15 is 0 Å². The lowest BCUT2D eigenvalue weighted by molar-refractivity contribution is -0.402. The van der Waals surface area contributed by atoms with Crippen LogP contribution in [0.3, 0.4) is 0 Å². The first-order valence-electron chi connectivity index (χ1n) is 6.49. The Labute approximate surface area is 125 Å². The Hall–Kier alpha value is -0.440. The Kier molecular flexibility index (Phi) is 7.51. The van der Waals surface area contributed by atoms with Crippen molar-refractivity contribution in [1.82, 2.24) is 0 Å². The Balaban J connectivity index is 2.95. The molecule has 8 N–H and O–H groups in total. The van der Waals surface area contributed by atoms with E-state index in [0.29, 0.717) is 0 Å². The van der Waals surface area contributed by atoms with E-state index < -0.39 is 69.2 Å². The van der Waals surface area contributed by atoms with Gasteiger partial charge in [0, 0.05) is 0 Å². The average Bonchev–Trinajstić information content (AvgIpc) is 2.53. The molecular formula is C11H22O11. The monoisotopic (exact) mass is 330 g/mol. The Morgan fingerprint density at radius 3 is 2.09 bits per heavy atom. The minimum absolute atomic E-state index is 0.708. The SMILES string of the molecule is OCO[C@@](CO)(O[C@H]1OC(CO)[C@@H](O)C(O)[C@@H]1O)C(O)CO. The molecule has 1 fully saturated rings. The lowest BCUT2D eigenvalue weighted by Crippen LogP contribution is -2.63.